The summed E-state index contributed by atoms with van der Waals surface area (Å²) in [6.07, 6.45) is 2.12. The lowest BCUT2D eigenvalue weighted by molar-refractivity contribution is -0.139. The van der Waals surface area contributed by atoms with Crippen LogP contribution in [0.25, 0.3) is 0 Å². The van der Waals surface area contributed by atoms with Gasteiger partial charge in [0.2, 0.25) is 0 Å². The van der Waals surface area contributed by atoms with Crippen molar-refractivity contribution in [3.63, 3.8) is 0 Å². The van der Waals surface area contributed by atoms with Gasteiger partial charge in [-0.2, -0.15) is 0 Å². The van der Waals surface area contributed by atoms with Crippen molar-refractivity contribution in [3.05, 3.63) is 20.8 Å². The molecule has 1 aromatic heterocycles. The largest absolute Gasteiger partial charge is 0.480 e. The average Bonchev–Trinajstić information content (AvgIpc) is 2.77. The molecule has 0 radical (unpaired) electrons. The van der Waals surface area contributed by atoms with Crippen LogP contribution in [0.3, 0.4) is 0 Å². The van der Waals surface area contributed by atoms with Gasteiger partial charge in [0, 0.05) is 14.7 Å². The summed E-state index contributed by atoms with van der Waals surface area (Å²) in [6.45, 7) is 2.37. The molecule has 0 bridgehead atoms. The molecule has 1 heterocycles. The lowest BCUT2D eigenvalue weighted by atomic mass is 10.1. The van der Waals surface area contributed by atoms with E-state index in [-0.39, 0.29) is 0 Å². The van der Waals surface area contributed by atoms with E-state index in [9.17, 15) is 9.59 Å². The minimum Gasteiger partial charge on any atom is -0.480 e. The Morgan fingerprint density at radius 3 is 2.79 bits per heavy atom. The molecule has 0 aromatic carbocycles. The van der Waals surface area contributed by atoms with Crippen LogP contribution in [0.5, 0.6) is 0 Å². The summed E-state index contributed by atoms with van der Waals surface area (Å²) in [5.74, 6) is -0.998. The van der Waals surface area contributed by atoms with Gasteiger partial charge in [-0.15, -0.1) is 11.3 Å². The molecule has 2 amide bonds. The molecule has 7 heteroatoms. The monoisotopic (exact) mass is 348 g/mol. The summed E-state index contributed by atoms with van der Waals surface area (Å²) in [5.41, 5.74) is 0. The minimum atomic E-state index is -0.998. The zero-order valence-electron chi connectivity index (χ0n) is 10.6. The van der Waals surface area contributed by atoms with Crippen molar-refractivity contribution in [2.75, 3.05) is 0 Å². The van der Waals surface area contributed by atoms with Crippen LogP contribution in [-0.2, 0) is 11.3 Å². The normalized spacial score (nSPS) is 11.9. The molecule has 0 saturated carbocycles. The van der Waals surface area contributed by atoms with Crippen molar-refractivity contribution in [1.29, 1.82) is 0 Å². The maximum absolute atomic E-state index is 11.6. The van der Waals surface area contributed by atoms with Gasteiger partial charge in [0.15, 0.2) is 0 Å². The van der Waals surface area contributed by atoms with E-state index in [4.69, 9.17) is 5.11 Å². The first-order chi connectivity index (χ1) is 9.02. The summed E-state index contributed by atoms with van der Waals surface area (Å²) in [6, 6.07) is 0.638. The molecule has 0 aliphatic carbocycles. The van der Waals surface area contributed by atoms with Crippen molar-refractivity contribution in [1.82, 2.24) is 10.6 Å². The highest BCUT2D eigenvalue weighted by Crippen LogP contribution is 2.19. The number of thiophene rings is 1. The zero-order valence-corrected chi connectivity index (χ0v) is 13.0. The molecular weight excluding hydrogens is 332 g/mol. The van der Waals surface area contributed by atoms with Crippen molar-refractivity contribution in [2.24, 2.45) is 0 Å². The Morgan fingerprint density at radius 2 is 2.26 bits per heavy atom. The third-order valence-corrected chi connectivity index (χ3v) is 4.19. The van der Waals surface area contributed by atoms with Crippen molar-refractivity contribution in [3.8, 4) is 0 Å². The van der Waals surface area contributed by atoms with Crippen molar-refractivity contribution in [2.45, 2.75) is 38.8 Å². The number of rotatable bonds is 7. The van der Waals surface area contributed by atoms with E-state index in [1.165, 1.54) is 11.3 Å². The molecule has 3 N–H and O–H groups in total. The zero-order chi connectivity index (χ0) is 14.3. The molecule has 0 aliphatic heterocycles. The average molecular weight is 349 g/mol. The van der Waals surface area contributed by atoms with E-state index in [2.05, 4.69) is 26.6 Å². The number of unbranched alkanes of at least 4 members (excludes halogenated alkanes) is 1. The number of carbonyl (C=O) groups excluding carboxylic acids is 1. The highest BCUT2D eigenvalue weighted by molar-refractivity contribution is 9.10. The van der Waals surface area contributed by atoms with Gasteiger partial charge >= 0.3 is 12.0 Å². The summed E-state index contributed by atoms with van der Waals surface area (Å²) in [4.78, 5) is 23.6. The first-order valence-corrected chi connectivity index (χ1v) is 7.70. The fourth-order valence-electron chi connectivity index (χ4n) is 1.49. The molecule has 0 fully saturated rings. The third kappa shape index (κ3) is 6.07. The van der Waals surface area contributed by atoms with E-state index in [1.807, 2.05) is 18.4 Å². The van der Waals surface area contributed by atoms with Gasteiger partial charge in [0.1, 0.15) is 6.04 Å². The molecule has 0 saturated heterocycles. The number of hydrogen-bond acceptors (Lipinski definition) is 3. The minimum absolute atomic E-state index is 0.391. The summed E-state index contributed by atoms with van der Waals surface area (Å²) in [7, 11) is 0. The van der Waals surface area contributed by atoms with Crippen LogP contribution in [0.4, 0.5) is 4.79 Å². The first-order valence-electron chi connectivity index (χ1n) is 6.03. The van der Waals surface area contributed by atoms with Gasteiger partial charge < -0.3 is 15.7 Å². The summed E-state index contributed by atoms with van der Waals surface area (Å²) < 4.78 is 0.973. The smallest absolute Gasteiger partial charge is 0.326 e. The molecule has 1 rings (SSSR count). The Balaban J connectivity index is 2.37. The second-order valence-electron chi connectivity index (χ2n) is 4.09. The Bertz CT molecular complexity index is 436. The lowest BCUT2D eigenvalue weighted by Gasteiger charge is -2.14. The molecule has 0 spiro atoms. The number of aliphatic carboxylic acids is 1. The quantitative estimate of drug-likeness (QED) is 0.708. The van der Waals surface area contributed by atoms with Crippen LogP contribution in [0, 0.1) is 0 Å². The van der Waals surface area contributed by atoms with E-state index in [0.717, 1.165) is 22.2 Å². The van der Waals surface area contributed by atoms with Gasteiger partial charge in [-0.05, 0) is 28.4 Å². The number of hydrogen-bond donors (Lipinski definition) is 3. The molecule has 5 nitrogen and oxygen atoms in total. The highest BCUT2D eigenvalue weighted by atomic mass is 79.9. The van der Waals surface area contributed by atoms with Gasteiger partial charge in [0.05, 0.1) is 6.54 Å². The topological polar surface area (TPSA) is 78.4 Å². The number of urea groups is 1. The van der Waals surface area contributed by atoms with Gasteiger partial charge in [-0.3, -0.25) is 0 Å². The van der Waals surface area contributed by atoms with Crippen LogP contribution in [-0.4, -0.2) is 23.1 Å². The van der Waals surface area contributed by atoms with Crippen LogP contribution in [0.2, 0.25) is 0 Å². The maximum atomic E-state index is 11.6. The Morgan fingerprint density at radius 1 is 1.53 bits per heavy atom. The number of amides is 2. The van der Waals surface area contributed by atoms with Crippen LogP contribution in [0.15, 0.2) is 15.9 Å². The number of carboxylic acid groups (broad SMARTS) is 1. The number of carboxylic acids is 1. The fourth-order valence-corrected chi connectivity index (χ4v) is 2.88. The number of nitrogens with one attached hydrogen (secondary N) is 2. The highest BCUT2D eigenvalue weighted by Gasteiger charge is 2.18. The molecule has 0 unspecified atom stereocenters. The molecule has 0 aliphatic rings. The van der Waals surface area contributed by atoms with Crippen molar-refractivity contribution >= 4 is 39.3 Å². The molecule has 1 atom stereocenters. The standard InChI is InChI=1S/C12H17BrN2O3S/c1-2-3-4-10(11(16)17)15-12(18)14-6-9-5-8(13)7-19-9/h5,7,10H,2-4,6H2,1H3,(H,16,17)(H2,14,15,18)/t10-/m0/s1. The molecule has 106 valence electrons. The molecular formula is C12H17BrN2O3S. The molecule has 1 aromatic rings. The number of halogens is 1. The van der Waals surface area contributed by atoms with E-state index in [0.29, 0.717) is 13.0 Å². The fraction of sp³-hybridized carbons (Fsp3) is 0.500. The predicted molar refractivity (Wildman–Crippen MR) is 78.3 cm³/mol. The van der Waals surface area contributed by atoms with Crippen LogP contribution >= 0.6 is 27.3 Å². The second-order valence-corrected chi connectivity index (χ2v) is 6.00. The van der Waals surface area contributed by atoms with E-state index >= 15 is 0 Å². The van der Waals surface area contributed by atoms with E-state index in [1.54, 1.807) is 0 Å². The van der Waals surface area contributed by atoms with Crippen LogP contribution in [0.1, 0.15) is 31.1 Å². The molecule has 19 heavy (non-hydrogen) atoms. The van der Waals surface area contributed by atoms with Crippen LogP contribution < -0.4 is 10.6 Å². The third-order valence-electron chi connectivity index (χ3n) is 2.49. The first kappa shape index (κ1) is 16.0. The Kier molecular flexibility index (Phi) is 6.86. The predicted octanol–water partition coefficient (Wildman–Crippen LogP) is 2.95. The number of carbonyl (C=O) groups is 2. The van der Waals surface area contributed by atoms with E-state index < -0.39 is 18.0 Å². The van der Waals surface area contributed by atoms with Gasteiger partial charge in [-0.25, -0.2) is 9.59 Å². The second kappa shape index (κ2) is 8.16. The Labute approximate surface area is 124 Å². The summed E-state index contributed by atoms with van der Waals surface area (Å²) >= 11 is 4.86. The van der Waals surface area contributed by atoms with Gasteiger partial charge in [-0.1, -0.05) is 19.8 Å². The maximum Gasteiger partial charge on any atom is 0.326 e. The van der Waals surface area contributed by atoms with Crippen molar-refractivity contribution < 1.29 is 14.7 Å². The summed E-state index contributed by atoms with van der Waals surface area (Å²) in [5, 5.41) is 16.0. The SMILES string of the molecule is CCCC[C@H](NC(=O)NCc1cc(Br)cs1)C(=O)O. The Hall–Kier alpha value is -1.08. The lowest BCUT2D eigenvalue weighted by Crippen LogP contribution is -2.45. The van der Waals surface area contributed by atoms with Gasteiger partial charge in [0.25, 0.3) is 0 Å².